The summed E-state index contributed by atoms with van der Waals surface area (Å²) in [6.07, 6.45) is 1.30. The van der Waals surface area contributed by atoms with Gasteiger partial charge < -0.3 is 14.8 Å². The SMILES string of the molecule is CC1(C)OC(=O)C(=CNc2cccc3ccc(-c4ccccc4)nc23)C(=O)O1. The number of rotatable bonds is 3. The number of ether oxygens (including phenoxy) is 2. The smallest absolute Gasteiger partial charge is 0.350 e. The molecule has 1 saturated heterocycles. The van der Waals surface area contributed by atoms with Crippen LogP contribution in [0.2, 0.25) is 0 Å². The van der Waals surface area contributed by atoms with Gasteiger partial charge in [0.25, 0.3) is 5.79 Å². The number of nitrogens with zero attached hydrogens (tertiary/aromatic N) is 1. The number of pyridine rings is 1. The molecule has 0 saturated carbocycles. The molecular weight excluding hydrogens is 356 g/mol. The summed E-state index contributed by atoms with van der Waals surface area (Å²) in [4.78, 5) is 28.9. The number of fused-ring (bicyclic) bond motifs is 1. The summed E-state index contributed by atoms with van der Waals surface area (Å²) in [5.41, 5.74) is 3.01. The molecule has 1 aliphatic heterocycles. The summed E-state index contributed by atoms with van der Waals surface area (Å²) in [6.45, 7) is 3.01. The van der Waals surface area contributed by atoms with Gasteiger partial charge in [-0.25, -0.2) is 14.6 Å². The van der Waals surface area contributed by atoms with E-state index < -0.39 is 17.7 Å². The first-order valence-corrected chi connectivity index (χ1v) is 8.81. The molecule has 0 spiro atoms. The van der Waals surface area contributed by atoms with Crippen molar-refractivity contribution in [2.24, 2.45) is 0 Å². The van der Waals surface area contributed by atoms with Crippen LogP contribution in [0.25, 0.3) is 22.2 Å². The van der Waals surface area contributed by atoms with E-state index in [0.29, 0.717) is 5.69 Å². The third-order valence-corrected chi connectivity index (χ3v) is 4.28. The van der Waals surface area contributed by atoms with Gasteiger partial charge in [0.1, 0.15) is 0 Å². The predicted octanol–water partition coefficient (Wildman–Crippen LogP) is 4.03. The van der Waals surface area contributed by atoms with Crippen LogP contribution < -0.4 is 5.32 Å². The van der Waals surface area contributed by atoms with Gasteiger partial charge in [-0.05, 0) is 12.1 Å². The van der Waals surface area contributed by atoms with Gasteiger partial charge in [0.2, 0.25) is 0 Å². The highest BCUT2D eigenvalue weighted by Crippen LogP contribution is 2.27. The summed E-state index contributed by atoms with van der Waals surface area (Å²) in [6, 6.07) is 19.4. The molecular formula is C22H18N2O4. The van der Waals surface area contributed by atoms with Crippen molar-refractivity contribution < 1.29 is 19.1 Å². The zero-order chi connectivity index (χ0) is 19.7. The Morgan fingerprint density at radius 1 is 0.893 bits per heavy atom. The van der Waals surface area contributed by atoms with Crippen LogP contribution >= 0.6 is 0 Å². The maximum absolute atomic E-state index is 12.1. The second kappa shape index (κ2) is 6.81. The number of benzene rings is 2. The Bertz CT molecular complexity index is 1080. The lowest BCUT2D eigenvalue weighted by atomic mass is 10.1. The molecule has 0 aliphatic carbocycles. The van der Waals surface area contributed by atoms with E-state index in [1.165, 1.54) is 20.0 Å². The van der Waals surface area contributed by atoms with Gasteiger partial charge in [0.15, 0.2) is 5.57 Å². The van der Waals surface area contributed by atoms with Crippen LogP contribution in [0.5, 0.6) is 0 Å². The molecule has 6 heteroatoms. The molecule has 1 fully saturated rings. The Kier molecular flexibility index (Phi) is 4.31. The van der Waals surface area contributed by atoms with Gasteiger partial charge in [-0.15, -0.1) is 0 Å². The van der Waals surface area contributed by atoms with Crippen LogP contribution in [0, 0.1) is 0 Å². The predicted molar refractivity (Wildman–Crippen MR) is 105 cm³/mol. The lowest BCUT2D eigenvalue weighted by molar-refractivity contribution is -0.222. The molecule has 0 radical (unpaired) electrons. The summed E-state index contributed by atoms with van der Waals surface area (Å²) in [5.74, 6) is -2.73. The third-order valence-electron chi connectivity index (χ3n) is 4.28. The average molecular weight is 374 g/mol. The third kappa shape index (κ3) is 3.44. The summed E-state index contributed by atoms with van der Waals surface area (Å²) < 4.78 is 10.2. The molecule has 1 aliphatic rings. The fourth-order valence-corrected chi connectivity index (χ4v) is 2.96. The largest absolute Gasteiger partial charge is 0.419 e. The van der Waals surface area contributed by atoms with Crippen LogP contribution in [0.3, 0.4) is 0 Å². The van der Waals surface area contributed by atoms with Crippen molar-refractivity contribution in [1.29, 1.82) is 0 Å². The van der Waals surface area contributed by atoms with Crippen LogP contribution in [0.1, 0.15) is 13.8 Å². The second-order valence-electron chi connectivity index (χ2n) is 6.82. The van der Waals surface area contributed by atoms with Crippen molar-refractivity contribution in [1.82, 2.24) is 4.98 Å². The lowest BCUT2D eigenvalue weighted by Crippen LogP contribution is -2.42. The van der Waals surface area contributed by atoms with E-state index in [2.05, 4.69) is 5.32 Å². The van der Waals surface area contributed by atoms with Crippen LogP contribution in [-0.2, 0) is 19.1 Å². The molecule has 28 heavy (non-hydrogen) atoms. The first-order chi connectivity index (χ1) is 13.4. The molecule has 1 N–H and O–H groups in total. The number of para-hydroxylation sites is 1. The van der Waals surface area contributed by atoms with Crippen molar-refractivity contribution in [3.63, 3.8) is 0 Å². The van der Waals surface area contributed by atoms with Crippen molar-refractivity contribution in [2.75, 3.05) is 5.32 Å². The molecule has 0 amide bonds. The van der Waals surface area contributed by atoms with E-state index in [1.807, 2.05) is 60.7 Å². The molecule has 2 heterocycles. The number of aromatic nitrogens is 1. The minimum Gasteiger partial charge on any atom is -0.419 e. The molecule has 3 aromatic rings. The highest BCUT2D eigenvalue weighted by molar-refractivity contribution is 6.15. The molecule has 140 valence electrons. The number of esters is 2. The fourth-order valence-electron chi connectivity index (χ4n) is 2.96. The fraction of sp³-hybridized carbons (Fsp3) is 0.136. The van der Waals surface area contributed by atoms with E-state index in [1.54, 1.807) is 0 Å². The van der Waals surface area contributed by atoms with Crippen LogP contribution in [0.15, 0.2) is 72.4 Å². The number of hydrogen-bond acceptors (Lipinski definition) is 6. The van der Waals surface area contributed by atoms with Crippen molar-refractivity contribution in [2.45, 2.75) is 19.6 Å². The van der Waals surface area contributed by atoms with Crippen molar-refractivity contribution in [3.05, 3.63) is 72.4 Å². The standard InChI is InChI=1S/C22H18N2O4/c1-22(2)27-20(25)16(21(26)28-22)13-23-18-10-6-9-15-11-12-17(24-19(15)18)14-7-4-3-5-8-14/h3-13,23H,1-2H3. The van der Waals surface area contributed by atoms with Gasteiger partial charge in [-0.3, -0.25) is 0 Å². The van der Waals surface area contributed by atoms with Gasteiger partial charge in [0, 0.05) is 31.0 Å². The Labute approximate surface area is 161 Å². The molecule has 0 bridgehead atoms. The van der Waals surface area contributed by atoms with Gasteiger partial charge >= 0.3 is 11.9 Å². The molecule has 4 rings (SSSR count). The van der Waals surface area contributed by atoms with Crippen LogP contribution in [0.4, 0.5) is 5.69 Å². The average Bonchev–Trinajstić information content (AvgIpc) is 2.67. The highest BCUT2D eigenvalue weighted by Gasteiger charge is 2.38. The summed E-state index contributed by atoms with van der Waals surface area (Å²) >= 11 is 0. The van der Waals surface area contributed by atoms with Crippen molar-refractivity contribution >= 4 is 28.5 Å². The van der Waals surface area contributed by atoms with Gasteiger partial charge in [0.05, 0.1) is 16.9 Å². The Morgan fingerprint density at radius 3 is 2.32 bits per heavy atom. The number of carbonyl (C=O) groups is 2. The quantitative estimate of drug-likeness (QED) is 0.424. The number of anilines is 1. The molecule has 6 nitrogen and oxygen atoms in total. The first kappa shape index (κ1) is 17.7. The molecule has 2 aromatic carbocycles. The molecule has 1 aromatic heterocycles. The minimum atomic E-state index is -1.27. The minimum absolute atomic E-state index is 0.199. The normalized spacial score (nSPS) is 15.7. The maximum Gasteiger partial charge on any atom is 0.350 e. The number of cyclic esters (lactones) is 2. The van der Waals surface area contributed by atoms with Gasteiger partial charge in [-0.2, -0.15) is 0 Å². The first-order valence-electron chi connectivity index (χ1n) is 8.81. The van der Waals surface area contributed by atoms with Gasteiger partial charge in [-0.1, -0.05) is 48.5 Å². The summed E-state index contributed by atoms with van der Waals surface area (Å²) in [5, 5.41) is 3.93. The van der Waals surface area contributed by atoms with Crippen molar-refractivity contribution in [3.8, 4) is 11.3 Å². The lowest BCUT2D eigenvalue weighted by Gasteiger charge is -2.29. The summed E-state index contributed by atoms with van der Waals surface area (Å²) in [7, 11) is 0. The van der Waals surface area contributed by atoms with E-state index in [4.69, 9.17) is 14.5 Å². The van der Waals surface area contributed by atoms with E-state index >= 15 is 0 Å². The Morgan fingerprint density at radius 2 is 1.61 bits per heavy atom. The number of carbonyl (C=O) groups excluding carboxylic acids is 2. The highest BCUT2D eigenvalue weighted by atomic mass is 16.7. The second-order valence-corrected chi connectivity index (χ2v) is 6.82. The zero-order valence-electron chi connectivity index (χ0n) is 15.4. The van der Waals surface area contributed by atoms with E-state index in [9.17, 15) is 9.59 Å². The Hall–Kier alpha value is -3.67. The monoisotopic (exact) mass is 374 g/mol. The molecule has 0 unspecified atom stereocenters. The number of hydrogen-bond donors (Lipinski definition) is 1. The zero-order valence-corrected chi connectivity index (χ0v) is 15.4. The topological polar surface area (TPSA) is 77.5 Å². The van der Waals surface area contributed by atoms with Crippen LogP contribution in [-0.4, -0.2) is 22.7 Å². The molecule has 0 atom stereocenters. The Balaban J connectivity index is 1.69. The van der Waals surface area contributed by atoms with E-state index in [-0.39, 0.29) is 5.57 Å². The van der Waals surface area contributed by atoms with E-state index in [0.717, 1.165) is 22.2 Å². The number of nitrogens with one attached hydrogen (secondary N) is 1. The maximum atomic E-state index is 12.1.